The number of hydrogen-bond donors (Lipinski definition) is 2. The molecule has 0 saturated heterocycles. The Kier molecular flexibility index (Phi) is 5.22. The number of nitrogens with one attached hydrogen (secondary N) is 1. The van der Waals surface area contributed by atoms with E-state index in [-0.39, 0.29) is 11.9 Å². The van der Waals surface area contributed by atoms with Gasteiger partial charge in [0.05, 0.1) is 0 Å². The maximum absolute atomic E-state index is 12.9. The van der Waals surface area contributed by atoms with Gasteiger partial charge in [-0.15, -0.1) is 0 Å². The van der Waals surface area contributed by atoms with E-state index in [1.54, 1.807) is 6.07 Å². The molecule has 1 unspecified atom stereocenters. The van der Waals surface area contributed by atoms with Crippen LogP contribution in [0, 0.1) is 5.82 Å². The normalized spacial score (nSPS) is 12.8. The SMILES string of the molecule is CC(NCCCN)c1ccc(F)cc1Br. The molecule has 0 bridgehead atoms. The Balaban J connectivity index is 2.61. The molecule has 3 N–H and O–H groups in total. The maximum atomic E-state index is 12.9. The minimum atomic E-state index is -0.222. The second-order valence-electron chi connectivity index (χ2n) is 3.48. The van der Waals surface area contributed by atoms with E-state index < -0.39 is 0 Å². The number of rotatable bonds is 5. The van der Waals surface area contributed by atoms with E-state index in [9.17, 15) is 4.39 Å². The highest BCUT2D eigenvalue weighted by Gasteiger charge is 2.08. The average molecular weight is 275 g/mol. The average Bonchev–Trinajstić information content (AvgIpc) is 2.17. The molecule has 0 amide bonds. The summed E-state index contributed by atoms with van der Waals surface area (Å²) in [4.78, 5) is 0. The van der Waals surface area contributed by atoms with Crippen molar-refractivity contribution in [1.29, 1.82) is 0 Å². The van der Waals surface area contributed by atoms with Crippen LogP contribution < -0.4 is 11.1 Å². The molecule has 0 saturated carbocycles. The molecule has 1 atom stereocenters. The highest BCUT2D eigenvalue weighted by atomic mass is 79.9. The molecule has 0 spiro atoms. The van der Waals surface area contributed by atoms with Gasteiger partial charge in [-0.05, 0) is 44.1 Å². The lowest BCUT2D eigenvalue weighted by atomic mass is 10.1. The smallest absolute Gasteiger partial charge is 0.124 e. The standard InChI is InChI=1S/C11H16BrFN2/c1-8(15-6-2-5-14)10-4-3-9(13)7-11(10)12/h3-4,7-8,15H,2,5-6,14H2,1H3. The van der Waals surface area contributed by atoms with Gasteiger partial charge in [0.25, 0.3) is 0 Å². The van der Waals surface area contributed by atoms with Crippen LogP contribution in [0.5, 0.6) is 0 Å². The first-order valence-corrected chi connectivity index (χ1v) is 5.83. The van der Waals surface area contributed by atoms with Gasteiger partial charge in [0.1, 0.15) is 5.82 Å². The zero-order valence-electron chi connectivity index (χ0n) is 8.76. The van der Waals surface area contributed by atoms with E-state index in [0.717, 1.165) is 23.0 Å². The summed E-state index contributed by atoms with van der Waals surface area (Å²) in [6.07, 6.45) is 0.948. The Hall–Kier alpha value is -0.450. The fraction of sp³-hybridized carbons (Fsp3) is 0.455. The van der Waals surface area contributed by atoms with Gasteiger partial charge >= 0.3 is 0 Å². The van der Waals surface area contributed by atoms with Crippen molar-refractivity contribution >= 4 is 15.9 Å². The van der Waals surface area contributed by atoms with E-state index in [0.29, 0.717) is 6.54 Å². The van der Waals surface area contributed by atoms with Crippen LogP contribution in [0.3, 0.4) is 0 Å². The first kappa shape index (κ1) is 12.6. The maximum Gasteiger partial charge on any atom is 0.124 e. The van der Waals surface area contributed by atoms with Gasteiger partial charge < -0.3 is 11.1 Å². The molecule has 1 aromatic rings. The van der Waals surface area contributed by atoms with E-state index in [1.807, 2.05) is 0 Å². The quantitative estimate of drug-likeness (QED) is 0.810. The van der Waals surface area contributed by atoms with Crippen molar-refractivity contribution in [1.82, 2.24) is 5.32 Å². The van der Waals surface area contributed by atoms with Crippen molar-refractivity contribution in [3.05, 3.63) is 34.1 Å². The summed E-state index contributed by atoms with van der Waals surface area (Å²) < 4.78 is 13.7. The van der Waals surface area contributed by atoms with Crippen molar-refractivity contribution in [2.24, 2.45) is 5.73 Å². The summed E-state index contributed by atoms with van der Waals surface area (Å²) in [5, 5.41) is 3.33. The van der Waals surface area contributed by atoms with Crippen molar-refractivity contribution in [2.45, 2.75) is 19.4 Å². The fourth-order valence-corrected chi connectivity index (χ4v) is 2.08. The molecule has 0 radical (unpaired) electrons. The molecule has 84 valence electrons. The number of benzene rings is 1. The molecular formula is C11H16BrFN2. The molecule has 2 nitrogen and oxygen atoms in total. The molecule has 1 aromatic carbocycles. The van der Waals surface area contributed by atoms with Crippen LogP contribution in [-0.4, -0.2) is 13.1 Å². The Morgan fingerprint density at radius 2 is 2.27 bits per heavy atom. The van der Waals surface area contributed by atoms with E-state index in [4.69, 9.17) is 5.73 Å². The van der Waals surface area contributed by atoms with Gasteiger partial charge in [-0.1, -0.05) is 22.0 Å². The number of hydrogen-bond acceptors (Lipinski definition) is 2. The van der Waals surface area contributed by atoms with Crippen LogP contribution in [0.4, 0.5) is 4.39 Å². The summed E-state index contributed by atoms with van der Waals surface area (Å²) in [6.45, 7) is 3.61. The summed E-state index contributed by atoms with van der Waals surface area (Å²) in [5.74, 6) is -0.222. The molecule has 1 rings (SSSR count). The Labute approximate surface area is 98.2 Å². The van der Waals surface area contributed by atoms with Gasteiger partial charge in [0.15, 0.2) is 0 Å². The minimum Gasteiger partial charge on any atom is -0.330 e. The van der Waals surface area contributed by atoms with Crippen LogP contribution in [-0.2, 0) is 0 Å². The van der Waals surface area contributed by atoms with Crippen molar-refractivity contribution in [2.75, 3.05) is 13.1 Å². The lowest BCUT2D eigenvalue weighted by Gasteiger charge is -2.15. The molecule has 4 heteroatoms. The van der Waals surface area contributed by atoms with Crippen molar-refractivity contribution in [3.63, 3.8) is 0 Å². The van der Waals surface area contributed by atoms with Crippen molar-refractivity contribution in [3.8, 4) is 0 Å². The lowest BCUT2D eigenvalue weighted by Crippen LogP contribution is -2.22. The highest BCUT2D eigenvalue weighted by Crippen LogP contribution is 2.23. The highest BCUT2D eigenvalue weighted by molar-refractivity contribution is 9.10. The molecule has 15 heavy (non-hydrogen) atoms. The van der Waals surface area contributed by atoms with E-state index in [1.165, 1.54) is 12.1 Å². The predicted octanol–water partition coefficient (Wildman–Crippen LogP) is 2.59. The predicted molar refractivity (Wildman–Crippen MR) is 64.2 cm³/mol. The summed E-state index contributed by atoms with van der Waals surface area (Å²) >= 11 is 3.35. The third-order valence-electron chi connectivity index (χ3n) is 2.26. The van der Waals surface area contributed by atoms with Gasteiger partial charge in [0, 0.05) is 10.5 Å². The Morgan fingerprint density at radius 1 is 1.53 bits per heavy atom. The van der Waals surface area contributed by atoms with Crippen molar-refractivity contribution < 1.29 is 4.39 Å². The Bertz CT molecular complexity index is 317. The zero-order valence-corrected chi connectivity index (χ0v) is 10.3. The van der Waals surface area contributed by atoms with E-state index in [2.05, 4.69) is 28.2 Å². The Morgan fingerprint density at radius 3 is 2.87 bits per heavy atom. The molecule has 0 heterocycles. The van der Waals surface area contributed by atoms with Gasteiger partial charge in [-0.3, -0.25) is 0 Å². The fourth-order valence-electron chi connectivity index (χ4n) is 1.38. The number of halogens is 2. The molecule has 0 aliphatic rings. The van der Waals surface area contributed by atoms with Gasteiger partial charge in [0.2, 0.25) is 0 Å². The third kappa shape index (κ3) is 3.89. The molecular weight excluding hydrogens is 259 g/mol. The lowest BCUT2D eigenvalue weighted by molar-refractivity contribution is 0.557. The zero-order chi connectivity index (χ0) is 11.3. The summed E-state index contributed by atoms with van der Waals surface area (Å²) in [7, 11) is 0. The molecule has 0 aliphatic carbocycles. The summed E-state index contributed by atoms with van der Waals surface area (Å²) in [5.41, 5.74) is 6.47. The van der Waals surface area contributed by atoms with Gasteiger partial charge in [-0.25, -0.2) is 4.39 Å². The third-order valence-corrected chi connectivity index (χ3v) is 2.95. The molecule has 0 fully saturated rings. The van der Waals surface area contributed by atoms with E-state index >= 15 is 0 Å². The van der Waals surface area contributed by atoms with Crippen LogP contribution in [0.25, 0.3) is 0 Å². The summed E-state index contributed by atoms with van der Waals surface area (Å²) in [6, 6.07) is 4.95. The van der Waals surface area contributed by atoms with Gasteiger partial charge in [-0.2, -0.15) is 0 Å². The first-order chi connectivity index (χ1) is 7.15. The van der Waals surface area contributed by atoms with Crippen LogP contribution >= 0.6 is 15.9 Å². The molecule has 0 aromatic heterocycles. The largest absolute Gasteiger partial charge is 0.330 e. The number of nitrogens with two attached hydrogens (primary N) is 1. The van der Waals surface area contributed by atoms with Crippen LogP contribution in [0.1, 0.15) is 24.9 Å². The first-order valence-electron chi connectivity index (χ1n) is 5.03. The topological polar surface area (TPSA) is 38.0 Å². The van der Waals surface area contributed by atoms with Crippen LogP contribution in [0.2, 0.25) is 0 Å². The second-order valence-corrected chi connectivity index (χ2v) is 4.34. The second kappa shape index (κ2) is 6.20. The monoisotopic (exact) mass is 274 g/mol. The van der Waals surface area contributed by atoms with Crippen LogP contribution in [0.15, 0.2) is 22.7 Å². The minimum absolute atomic E-state index is 0.200. The molecule has 0 aliphatic heterocycles.